The molecule has 0 aromatic heterocycles. The van der Waals surface area contributed by atoms with Gasteiger partial charge in [-0.05, 0) is 37.3 Å². The van der Waals surface area contributed by atoms with Gasteiger partial charge >= 0.3 is 0 Å². The Kier molecular flexibility index (Phi) is 4.74. The second kappa shape index (κ2) is 6.17. The molecule has 1 N–H and O–H groups in total. The van der Waals surface area contributed by atoms with Gasteiger partial charge in [0.1, 0.15) is 11.6 Å². The van der Waals surface area contributed by atoms with Crippen molar-refractivity contribution in [3.05, 3.63) is 62.6 Å². The van der Waals surface area contributed by atoms with E-state index in [4.69, 9.17) is 34.8 Å². The lowest BCUT2D eigenvalue weighted by molar-refractivity contribution is 0.623. The van der Waals surface area contributed by atoms with Gasteiger partial charge in [-0.3, -0.25) is 0 Å². The van der Waals surface area contributed by atoms with Gasteiger partial charge in [0.2, 0.25) is 0 Å². The van der Waals surface area contributed by atoms with Crippen LogP contribution in [0, 0.1) is 11.6 Å². The number of nitrogens with one attached hydrogen (secondary N) is 1. The van der Waals surface area contributed by atoms with Crippen molar-refractivity contribution in [3.8, 4) is 0 Å². The molecule has 0 aliphatic heterocycles. The van der Waals surface area contributed by atoms with E-state index in [1.165, 1.54) is 24.3 Å². The first-order valence-corrected chi connectivity index (χ1v) is 6.88. The molecule has 0 amide bonds. The van der Waals surface area contributed by atoms with E-state index in [-0.39, 0.29) is 10.0 Å². The first kappa shape index (κ1) is 15.4. The Balaban J connectivity index is 2.30. The molecule has 1 nitrogen and oxygen atoms in total. The van der Waals surface area contributed by atoms with Gasteiger partial charge in [0.05, 0.1) is 16.1 Å². The second-order valence-electron chi connectivity index (χ2n) is 4.25. The Bertz CT molecular complexity index is 647. The third kappa shape index (κ3) is 3.17. The first-order valence-electron chi connectivity index (χ1n) is 5.75. The molecule has 106 valence electrons. The molecule has 2 rings (SSSR count). The van der Waals surface area contributed by atoms with Gasteiger partial charge in [-0.1, -0.05) is 34.8 Å². The standard InChI is InChI=1S/C14H10Cl3F2N/c1-7(13-10(16)4-5-11(18)14(13)17)20-8-2-3-9(15)12(19)6-8/h2-7,20H,1H3. The van der Waals surface area contributed by atoms with Crippen molar-refractivity contribution in [2.45, 2.75) is 13.0 Å². The number of rotatable bonds is 3. The Morgan fingerprint density at radius 1 is 0.950 bits per heavy atom. The van der Waals surface area contributed by atoms with Gasteiger partial charge in [0.15, 0.2) is 0 Å². The Labute approximate surface area is 130 Å². The number of halogens is 5. The summed E-state index contributed by atoms with van der Waals surface area (Å²) in [5.41, 5.74) is 0.916. The topological polar surface area (TPSA) is 12.0 Å². The zero-order chi connectivity index (χ0) is 14.9. The molecule has 0 bridgehead atoms. The van der Waals surface area contributed by atoms with Crippen molar-refractivity contribution >= 4 is 40.5 Å². The van der Waals surface area contributed by atoms with Crippen molar-refractivity contribution in [1.82, 2.24) is 0 Å². The quantitative estimate of drug-likeness (QED) is 0.668. The highest BCUT2D eigenvalue weighted by molar-refractivity contribution is 6.36. The molecule has 0 saturated carbocycles. The highest BCUT2D eigenvalue weighted by Gasteiger charge is 2.17. The fourth-order valence-electron chi connectivity index (χ4n) is 1.85. The number of benzene rings is 2. The number of anilines is 1. The lowest BCUT2D eigenvalue weighted by Gasteiger charge is -2.19. The number of hydrogen-bond donors (Lipinski definition) is 1. The van der Waals surface area contributed by atoms with E-state index >= 15 is 0 Å². The molecule has 0 aliphatic rings. The van der Waals surface area contributed by atoms with Crippen molar-refractivity contribution < 1.29 is 8.78 Å². The molecule has 0 radical (unpaired) electrons. The largest absolute Gasteiger partial charge is 0.378 e. The monoisotopic (exact) mass is 335 g/mol. The lowest BCUT2D eigenvalue weighted by atomic mass is 10.1. The molecule has 1 atom stereocenters. The van der Waals surface area contributed by atoms with Crippen LogP contribution in [0.5, 0.6) is 0 Å². The fourth-order valence-corrected chi connectivity index (χ4v) is 2.66. The van der Waals surface area contributed by atoms with E-state index in [9.17, 15) is 8.78 Å². The van der Waals surface area contributed by atoms with Crippen LogP contribution in [-0.2, 0) is 0 Å². The molecule has 0 fully saturated rings. The van der Waals surface area contributed by atoms with Gasteiger partial charge in [-0.25, -0.2) is 8.78 Å². The highest BCUT2D eigenvalue weighted by Crippen LogP contribution is 2.34. The van der Waals surface area contributed by atoms with Crippen LogP contribution >= 0.6 is 34.8 Å². The van der Waals surface area contributed by atoms with Crippen LogP contribution in [0.25, 0.3) is 0 Å². The molecule has 20 heavy (non-hydrogen) atoms. The summed E-state index contributed by atoms with van der Waals surface area (Å²) in [4.78, 5) is 0. The summed E-state index contributed by atoms with van der Waals surface area (Å²) in [6, 6.07) is 6.52. The third-order valence-corrected chi connectivity index (χ3v) is 3.84. The molecule has 6 heteroatoms. The van der Waals surface area contributed by atoms with Crippen LogP contribution in [0.3, 0.4) is 0 Å². The zero-order valence-corrected chi connectivity index (χ0v) is 12.6. The fraction of sp³-hybridized carbons (Fsp3) is 0.143. The summed E-state index contributed by atoms with van der Waals surface area (Å²) in [7, 11) is 0. The minimum atomic E-state index is -0.554. The maximum Gasteiger partial charge on any atom is 0.143 e. The van der Waals surface area contributed by atoms with Gasteiger partial charge < -0.3 is 5.32 Å². The van der Waals surface area contributed by atoms with Gasteiger partial charge in [-0.2, -0.15) is 0 Å². The molecule has 0 saturated heterocycles. The van der Waals surface area contributed by atoms with E-state index in [0.717, 1.165) is 0 Å². The second-order valence-corrected chi connectivity index (χ2v) is 5.44. The average molecular weight is 337 g/mol. The molecule has 2 aromatic carbocycles. The normalized spacial score (nSPS) is 12.3. The summed E-state index contributed by atoms with van der Waals surface area (Å²) in [6.07, 6.45) is 0. The molecular weight excluding hydrogens is 327 g/mol. The van der Waals surface area contributed by atoms with Crippen molar-refractivity contribution in [2.75, 3.05) is 5.32 Å². The minimum absolute atomic E-state index is 0.0324. The van der Waals surface area contributed by atoms with Crippen molar-refractivity contribution in [2.24, 2.45) is 0 Å². The van der Waals surface area contributed by atoms with E-state index in [1.807, 2.05) is 0 Å². The predicted molar refractivity (Wildman–Crippen MR) is 79.9 cm³/mol. The van der Waals surface area contributed by atoms with Crippen molar-refractivity contribution in [1.29, 1.82) is 0 Å². The predicted octanol–water partition coefficient (Wildman–Crippen LogP) is 6.10. The highest BCUT2D eigenvalue weighted by atomic mass is 35.5. The minimum Gasteiger partial charge on any atom is -0.378 e. The third-order valence-electron chi connectivity index (χ3n) is 2.82. The first-order chi connectivity index (χ1) is 9.40. The Morgan fingerprint density at radius 2 is 1.60 bits per heavy atom. The van der Waals surface area contributed by atoms with E-state index < -0.39 is 17.7 Å². The lowest BCUT2D eigenvalue weighted by Crippen LogP contribution is -2.09. The van der Waals surface area contributed by atoms with Gasteiger partial charge in [-0.15, -0.1) is 0 Å². The molecule has 0 heterocycles. The maximum atomic E-state index is 13.5. The van der Waals surface area contributed by atoms with Crippen LogP contribution in [0.15, 0.2) is 30.3 Å². The average Bonchev–Trinajstić information content (AvgIpc) is 2.39. The molecule has 0 spiro atoms. The van der Waals surface area contributed by atoms with Gasteiger partial charge in [0.25, 0.3) is 0 Å². The van der Waals surface area contributed by atoms with Crippen LogP contribution in [0.1, 0.15) is 18.5 Å². The summed E-state index contributed by atoms with van der Waals surface area (Å²) in [5.74, 6) is -1.10. The van der Waals surface area contributed by atoms with Crippen LogP contribution < -0.4 is 5.32 Å². The van der Waals surface area contributed by atoms with Gasteiger partial charge in [0, 0.05) is 16.3 Å². The van der Waals surface area contributed by atoms with E-state index in [0.29, 0.717) is 16.3 Å². The van der Waals surface area contributed by atoms with E-state index in [2.05, 4.69) is 5.32 Å². The molecule has 1 unspecified atom stereocenters. The summed E-state index contributed by atoms with van der Waals surface area (Å²) in [6.45, 7) is 1.75. The molecule has 2 aromatic rings. The van der Waals surface area contributed by atoms with E-state index in [1.54, 1.807) is 13.0 Å². The summed E-state index contributed by atoms with van der Waals surface area (Å²) < 4.78 is 26.9. The Hall–Kier alpha value is -1.03. The van der Waals surface area contributed by atoms with Crippen molar-refractivity contribution in [3.63, 3.8) is 0 Å². The SMILES string of the molecule is CC(Nc1ccc(Cl)c(F)c1)c1c(Cl)ccc(F)c1Cl. The summed E-state index contributed by atoms with van der Waals surface area (Å²) in [5, 5.41) is 3.32. The van der Waals surface area contributed by atoms with Crippen LogP contribution in [-0.4, -0.2) is 0 Å². The summed E-state index contributed by atoms with van der Waals surface area (Å²) >= 11 is 17.6. The van der Waals surface area contributed by atoms with Crippen LogP contribution in [0.2, 0.25) is 15.1 Å². The number of hydrogen-bond acceptors (Lipinski definition) is 1. The molecule has 0 aliphatic carbocycles. The maximum absolute atomic E-state index is 13.5. The Morgan fingerprint density at radius 3 is 2.25 bits per heavy atom. The zero-order valence-electron chi connectivity index (χ0n) is 10.4. The smallest absolute Gasteiger partial charge is 0.143 e. The molecular formula is C14H10Cl3F2N. The van der Waals surface area contributed by atoms with Crippen LogP contribution in [0.4, 0.5) is 14.5 Å².